The third kappa shape index (κ3) is 3.88. The van der Waals surface area contributed by atoms with Gasteiger partial charge in [0, 0.05) is 6.04 Å². The average molecular weight is 287 g/mol. The quantitative estimate of drug-likeness (QED) is 0.911. The SMILES string of the molecule is CC(N)Cc1ccc(OC2CCCC2)c(C(F)(F)F)c1. The Morgan fingerprint density at radius 1 is 1.30 bits per heavy atom. The molecule has 0 radical (unpaired) electrons. The van der Waals surface area contributed by atoms with Crippen LogP contribution in [-0.2, 0) is 12.6 Å². The lowest BCUT2D eigenvalue weighted by Crippen LogP contribution is -2.19. The molecule has 0 aromatic heterocycles. The van der Waals surface area contributed by atoms with Gasteiger partial charge in [0.15, 0.2) is 0 Å². The zero-order valence-corrected chi connectivity index (χ0v) is 11.5. The predicted molar refractivity (Wildman–Crippen MR) is 71.7 cm³/mol. The molecule has 0 bridgehead atoms. The van der Waals surface area contributed by atoms with Crippen molar-refractivity contribution in [2.45, 2.75) is 57.3 Å². The van der Waals surface area contributed by atoms with Crippen LogP contribution in [0.15, 0.2) is 18.2 Å². The normalized spacial score (nSPS) is 18.2. The third-order valence-corrected chi connectivity index (χ3v) is 3.50. The molecule has 5 heteroatoms. The van der Waals surface area contributed by atoms with Gasteiger partial charge < -0.3 is 10.5 Å². The van der Waals surface area contributed by atoms with Gasteiger partial charge in [0.1, 0.15) is 5.75 Å². The molecular formula is C15H20F3NO. The van der Waals surface area contributed by atoms with Crippen LogP contribution in [0.2, 0.25) is 0 Å². The number of alkyl halides is 3. The topological polar surface area (TPSA) is 35.2 Å². The highest BCUT2D eigenvalue weighted by atomic mass is 19.4. The largest absolute Gasteiger partial charge is 0.490 e. The molecule has 1 aliphatic carbocycles. The molecule has 2 nitrogen and oxygen atoms in total. The summed E-state index contributed by atoms with van der Waals surface area (Å²) in [5.74, 6) is -0.0576. The molecule has 1 aliphatic rings. The molecule has 2 rings (SSSR count). The lowest BCUT2D eigenvalue weighted by Gasteiger charge is -2.19. The van der Waals surface area contributed by atoms with Crippen LogP contribution < -0.4 is 10.5 Å². The number of halogens is 3. The van der Waals surface area contributed by atoms with Crippen molar-refractivity contribution in [3.05, 3.63) is 29.3 Å². The molecular weight excluding hydrogens is 267 g/mol. The van der Waals surface area contributed by atoms with Crippen LogP contribution >= 0.6 is 0 Å². The first-order chi connectivity index (χ1) is 9.36. The molecule has 0 aliphatic heterocycles. The van der Waals surface area contributed by atoms with Crippen molar-refractivity contribution >= 4 is 0 Å². The second-order valence-corrected chi connectivity index (χ2v) is 5.53. The van der Waals surface area contributed by atoms with Crippen LogP contribution in [0.3, 0.4) is 0 Å². The molecule has 112 valence electrons. The van der Waals surface area contributed by atoms with Gasteiger partial charge in [-0.2, -0.15) is 13.2 Å². The van der Waals surface area contributed by atoms with E-state index in [2.05, 4.69) is 0 Å². The molecule has 1 aromatic carbocycles. The summed E-state index contributed by atoms with van der Waals surface area (Å²) in [5, 5.41) is 0. The first-order valence-corrected chi connectivity index (χ1v) is 6.98. The minimum absolute atomic E-state index is 0.0576. The fourth-order valence-electron chi connectivity index (χ4n) is 2.59. The highest BCUT2D eigenvalue weighted by Gasteiger charge is 2.35. The smallest absolute Gasteiger partial charge is 0.419 e. The Hall–Kier alpha value is -1.23. The second-order valence-electron chi connectivity index (χ2n) is 5.53. The fourth-order valence-corrected chi connectivity index (χ4v) is 2.59. The van der Waals surface area contributed by atoms with E-state index in [0.717, 1.165) is 31.7 Å². The maximum Gasteiger partial charge on any atom is 0.419 e. The Labute approximate surface area is 117 Å². The number of ether oxygens (including phenoxy) is 1. The first kappa shape index (κ1) is 15.2. The molecule has 1 atom stereocenters. The van der Waals surface area contributed by atoms with Crippen molar-refractivity contribution in [2.24, 2.45) is 5.73 Å². The molecule has 1 unspecified atom stereocenters. The first-order valence-electron chi connectivity index (χ1n) is 6.98. The highest BCUT2D eigenvalue weighted by Crippen LogP contribution is 2.38. The van der Waals surface area contributed by atoms with Gasteiger partial charge in [0.2, 0.25) is 0 Å². The summed E-state index contributed by atoms with van der Waals surface area (Å²) in [4.78, 5) is 0. The summed E-state index contributed by atoms with van der Waals surface area (Å²) in [7, 11) is 0. The summed E-state index contributed by atoms with van der Waals surface area (Å²) in [5.41, 5.74) is 5.54. The lowest BCUT2D eigenvalue weighted by molar-refractivity contribution is -0.139. The average Bonchev–Trinajstić information content (AvgIpc) is 2.82. The van der Waals surface area contributed by atoms with Gasteiger partial charge >= 0.3 is 6.18 Å². The van der Waals surface area contributed by atoms with E-state index in [1.165, 1.54) is 6.07 Å². The number of nitrogens with two attached hydrogens (primary N) is 1. The van der Waals surface area contributed by atoms with Crippen LogP contribution in [-0.4, -0.2) is 12.1 Å². The third-order valence-electron chi connectivity index (χ3n) is 3.50. The molecule has 0 spiro atoms. The van der Waals surface area contributed by atoms with Crippen LogP contribution in [0.25, 0.3) is 0 Å². The van der Waals surface area contributed by atoms with Crippen molar-refractivity contribution in [1.82, 2.24) is 0 Å². The van der Waals surface area contributed by atoms with Gasteiger partial charge in [-0.3, -0.25) is 0 Å². The van der Waals surface area contributed by atoms with Gasteiger partial charge in [0.05, 0.1) is 11.7 Å². The summed E-state index contributed by atoms with van der Waals surface area (Å²) in [6, 6.07) is 4.09. The summed E-state index contributed by atoms with van der Waals surface area (Å²) >= 11 is 0. The minimum Gasteiger partial charge on any atom is -0.490 e. The Kier molecular flexibility index (Phi) is 4.58. The molecule has 1 fully saturated rings. The molecule has 20 heavy (non-hydrogen) atoms. The standard InChI is InChI=1S/C15H20F3NO/c1-10(19)8-11-6-7-14(13(9-11)15(16,17)18)20-12-4-2-3-5-12/h6-7,9-10,12H,2-5,8,19H2,1H3. The summed E-state index contributed by atoms with van der Waals surface area (Å²) in [6.07, 6.45) is -0.356. The van der Waals surface area contributed by atoms with E-state index in [4.69, 9.17) is 10.5 Å². The van der Waals surface area contributed by atoms with Crippen LogP contribution in [0, 0.1) is 0 Å². The van der Waals surface area contributed by atoms with Crippen molar-refractivity contribution in [2.75, 3.05) is 0 Å². The van der Waals surface area contributed by atoms with Gasteiger partial charge in [-0.15, -0.1) is 0 Å². The van der Waals surface area contributed by atoms with E-state index in [9.17, 15) is 13.2 Å². The number of rotatable bonds is 4. The number of hydrogen-bond acceptors (Lipinski definition) is 2. The minimum atomic E-state index is -4.40. The van der Waals surface area contributed by atoms with E-state index in [1.807, 2.05) is 0 Å². The van der Waals surface area contributed by atoms with Crippen molar-refractivity contribution in [1.29, 1.82) is 0 Å². The van der Waals surface area contributed by atoms with Gasteiger partial charge in [-0.05, 0) is 56.7 Å². The Morgan fingerprint density at radius 2 is 1.95 bits per heavy atom. The van der Waals surface area contributed by atoms with Gasteiger partial charge in [-0.25, -0.2) is 0 Å². The summed E-state index contributed by atoms with van der Waals surface area (Å²) in [6.45, 7) is 1.77. The monoisotopic (exact) mass is 287 g/mol. The second kappa shape index (κ2) is 6.04. The molecule has 1 aromatic rings. The summed E-state index contributed by atoms with van der Waals surface area (Å²) < 4.78 is 44.9. The lowest BCUT2D eigenvalue weighted by atomic mass is 10.0. The van der Waals surface area contributed by atoms with E-state index in [1.54, 1.807) is 13.0 Å². The Morgan fingerprint density at radius 3 is 2.50 bits per heavy atom. The Balaban J connectivity index is 2.25. The molecule has 0 amide bonds. The van der Waals surface area contributed by atoms with Gasteiger partial charge in [-0.1, -0.05) is 6.07 Å². The van der Waals surface area contributed by atoms with E-state index in [-0.39, 0.29) is 17.9 Å². The van der Waals surface area contributed by atoms with Gasteiger partial charge in [0.25, 0.3) is 0 Å². The zero-order valence-electron chi connectivity index (χ0n) is 11.5. The zero-order chi connectivity index (χ0) is 14.8. The van der Waals surface area contributed by atoms with E-state index < -0.39 is 11.7 Å². The fraction of sp³-hybridized carbons (Fsp3) is 0.600. The van der Waals surface area contributed by atoms with Crippen molar-refractivity contribution < 1.29 is 17.9 Å². The van der Waals surface area contributed by atoms with E-state index >= 15 is 0 Å². The van der Waals surface area contributed by atoms with Crippen molar-refractivity contribution in [3.8, 4) is 5.75 Å². The van der Waals surface area contributed by atoms with Crippen LogP contribution in [0.1, 0.15) is 43.7 Å². The van der Waals surface area contributed by atoms with Crippen LogP contribution in [0.5, 0.6) is 5.75 Å². The number of benzene rings is 1. The maximum absolute atomic E-state index is 13.1. The molecule has 2 N–H and O–H groups in total. The maximum atomic E-state index is 13.1. The predicted octanol–water partition coefficient (Wildman–Crippen LogP) is 3.92. The number of hydrogen-bond donors (Lipinski definition) is 1. The molecule has 0 saturated heterocycles. The highest BCUT2D eigenvalue weighted by molar-refractivity contribution is 5.39. The van der Waals surface area contributed by atoms with Crippen molar-refractivity contribution in [3.63, 3.8) is 0 Å². The molecule has 1 saturated carbocycles. The Bertz CT molecular complexity index is 451. The molecule has 0 heterocycles. The van der Waals surface area contributed by atoms with Crippen LogP contribution in [0.4, 0.5) is 13.2 Å². The van der Waals surface area contributed by atoms with E-state index in [0.29, 0.717) is 12.0 Å².